The standard InChI is InChI=1S/C15H19N3O3/c1-12(19)14-11-16-18-3-2-13(10-15(14)18)21-9-6-17-4-7-20-8-5-17/h2-3,10-11H,4-9H2,1H3. The number of hydrogen-bond acceptors (Lipinski definition) is 5. The van der Waals surface area contributed by atoms with Crippen LogP contribution in [0.3, 0.4) is 0 Å². The van der Waals surface area contributed by atoms with Crippen LogP contribution in [0.25, 0.3) is 5.52 Å². The van der Waals surface area contributed by atoms with Gasteiger partial charge >= 0.3 is 0 Å². The number of ether oxygens (including phenoxy) is 2. The van der Waals surface area contributed by atoms with Crippen LogP contribution in [0.2, 0.25) is 0 Å². The van der Waals surface area contributed by atoms with Gasteiger partial charge in [0.25, 0.3) is 0 Å². The average Bonchev–Trinajstić information content (AvgIpc) is 2.92. The monoisotopic (exact) mass is 289 g/mol. The summed E-state index contributed by atoms with van der Waals surface area (Å²) in [5, 5.41) is 4.15. The van der Waals surface area contributed by atoms with Crippen molar-refractivity contribution in [2.75, 3.05) is 39.5 Å². The van der Waals surface area contributed by atoms with Crippen LogP contribution in [0.5, 0.6) is 5.75 Å². The summed E-state index contributed by atoms with van der Waals surface area (Å²) >= 11 is 0. The normalized spacial score (nSPS) is 16.2. The van der Waals surface area contributed by atoms with Crippen LogP contribution in [0, 0.1) is 0 Å². The Balaban J connectivity index is 1.63. The molecule has 21 heavy (non-hydrogen) atoms. The van der Waals surface area contributed by atoms with Crippen LogP contribution < -0.4 is 4.74 Å². The summed E-state index contributed by atoms with van der Waals surface area (Å²) in [5.41, 5.74) is 1.40. The lowest BCUT2D eigenvalue weighted by Gasteiger charge is -2.26. The van der Waals surface area contributed by atoms with Gasteiger partial charge in [0.15, 0.2) is 5.78 Å². The largest absolute Gasteiger partial charge is 0.492 e. The summed E-state index contributed by atoms with van der Waals surface area (Å²) in [6.45, 7) is 6.56. The van der Waals surface area contributed by atoms with Gasteiger partial charge in [-0.3, -0.25) is 9.69 Å². The number of hydrogen-bond donors (Lipinski definition) is 0. The van der Waals surface area contributed by atoms with E-state index in [1.807, 2.05) is 18.3 Å². The summed E-state index contributed by atoms with van der Waals surface area (Å²) in [7, 11) is 0. The van der Waals surface area contributed by atoms with E-state index < -0.39 is 0 Å². The maximum absolute atomic E-state index is 11.5. The molecule has 3 rings (SSSR count). The van der Waals surface area contributed by atoms with Gasteiger partial charge < -0.3 is 9.47 Å². The molecule has 112 valence electrons. The molecular weight excluding hydrogens is 270 g/mol. The number of rotatable bonds is 5. The highest BCUT2D eigenvalue weighted by Gasteiger charge is 2.11. The molecule has 0 bridgehead atoms. The number of pyridine rings is 1. The minimum absolute atomic E-state index is 0.00969. The minimum atomic E-state index is 0.00969. The van der Waals surface area contributed by atoms with Crippen molar-refractivity contribution in [2.45, 2.75) is 6.92 Å². The molecule has 1 aliphatic heterocycles. The van der Waals surface area contributed by atoms with Gasteiger partial charge in [-0.05, 0) is 13.0 Å². The molecule has 2 aromatic rings. The Morgan fingerprint density at radius 3 is 3.00 bits per heavy atom. The number of nitrogens with zero attached hydrogens (tertiary/aromatic N) is 3. The van der Waals surface area contributed by atoms with Crippen molar-refractivity contribution in [2.24, 2.45) is 0 Å². The number of ketones is 1. The zero-order valence-electron chi connectivity index (χ0n) is 12.1. The van der Waals surface area contributed by atoms with E-state index in [1.165, 1.54) is 0 Å². The van der Waals surface area contributed by atoms with Gasteiger partial charge in [0.2, 0.25) is 0 Å². The lowest BCUT2D eigenvalue weighted by Crippen LogP contribution is -2.38. The fraction of sp³-hybridized carbons (Fsp3) is 0.467. The molecule has 0 aliphatic carbocycles. The summed E-state index contributed by atoms with van der Waals surface area (Å²) in [6.07, 6.45) is 3.40. The molecular formula is C15H19N3O3. The van der Waals surface area contributed by atoms with Crippen molar-refractivity contribution in [1.29, 1.82) is 0 Å². The van der Waals surface area contributed by atoms with Gasteiger partial charge in [-0.15, -0.1) is 0 Å². The number of Topliss-reactive ketones (excluding diaryl/α,β-unsaturated/α-hetero) is 1. The average molecular weight is 289 g/mol. The quantitative estimate of drug-likeness (QED) is 0.775. The van der Waals surface area contributed by atoms with Gasteiger partial charge in [0.1, 0.15) is 12.4 Å². The van der Waals surface area contributed by atoms with Gasteiger partial charge in [-0.2, -0.15) is 5.10 Å². The van der Waals surface area contributed by atoms with E-state index >= 15 is 0 Å². The smallest absolute Gasteiger partial charge is 0.163 e. The first-order valence-electron chi connectivity index (χ1n) is 7.15. The first-order chi connectivity index (χ1) is 10.2. The molecule has 1 saturated heterocycles. The van der Waals surface area contributed by atoms with E-state index in [0.29, 0.717) is 12.2 Å². The molecule has 0 aromatic carbocycles. The molecule has 0 N–H and O–H groups in total. The SMILES string of the molecule is CC(=O)c1cnn2ccc(OCCN3CCOCC3)cc12. The lowest BCUT2D eigenvalue weighted by molar-refractivity contribution is 0.0322. The number of morpholine rings is 1. The van der Waals surface area contributed by atoms with Crippen molar-refractivity contribution in [3.8, 4) is 5.75 Å². The van der Waals surface area contributed by atoms with E-state index in [1.54, 1.807) is 17.6 Å². The molecule has 1 aliphatic rings. The number of aromatic nitrogens is 2. The van der Waals surface area contributed by atoms with Crippen molar-refractivity contribution in [3.05, 3.63) is 30.1 Å². The first kappa shape index (κ1) is 14.0. The van der Waals surface area contributed by atoms with Gasteiger partial charge in [-0.1, -0.05) is 0 Å². The topological polar surface area (TPSA) is 56.1 Å². The summed E-state index contributed by atoms with van der Waals surface area (Å²) in [4.78, 5) is 13.9. The summed E-state index contributed by atoms with van der Waals surface area (Å²) in [5.74, 6) is 0.772. The zero-order chi connectivity index (χ0) is 14.7. The van der Waals surface area contributed by atoms with E-state index in [0.717, 1.165) is 44.1 Å². The predicted octanol–water partition coefficient (Wildman–Crippen LogP) is 1.25. The van der Waals surface area contributed by atoms with E-state index in [4.69, 9.17) is 9.47 Å². The van der Waals surface area contributed by atoms with Crippen LogP contribution in [0.4, 0.5) is 0 Å². The Kier molecular flexibility index (Phi) is 4.17. The van der Waals surface area contributed by atoms with E-state index in [2.05, 4.69) is 10.00 Å². The number of carbonyl (C=O) groups excluding carboxylic acids is 1. The van der Waals surface area contributed by atoms with Crippen LogP contribution in [0.15, 0.2) is 24.5 Å². The fourth-order valence-corrected chi connectivity index (χ4v) is 2.44. The van der Waals surface area contributed by atoms with Gasteiger partial charge in [0, 0.05) is 31.9 Å². The second-order valence-electron chi connectivity index (χ2n) is 5.11. The Morgan fingerprint density at radius 2 is 2.24 bits per heavy atom. The first-order valence-corrected chi connectivity index (χ1v) is 7.15. The Hall–Kier alpha value is -1.92. The van der Waals surface area contributed by atoms with E-state index in [-0.39, 0.29) is 5.78 Å². The predicted molar refractivity (Wildman–Crippen MR) is 78.0 cm³/mol. The molecule has 0 amide bonds. The Morgan fingerprint density at radius 1 is 1.43 bits per heavy atom. The van der Waals surface area contributed by atoms with Crippen LogP contribution in [-0.4, -0.2) is 59.8 Å². The highest BCUT2D eigenvalue weighted by Crippen LogP contribution is 2.18. The van der Waals surface area contributed by atoms with Crippen molar-refractivity contribution in [1.82, 2.24) is 14.5 Å². The van der Waals surface area contributed by atoms with Crippen LogP contribution in [0.1, 0.15) is 17.3 Å². The molecule has 0 spiro atoms. The third kappa shape index (κ3) is 3.22. The molecule has 0 unspecified atom stereocenters. The lowest BCUT2D eigenvalue weighted by atomic mass is 10.2. The van der Waals surface area contributed by atoms with Gasteiger partial charge in [-0.25, -0.2) is 4.52 Å². The van der Waals surface area contributed by atoms with Crippen molar-refractivity contribution >= 4 is 11.3 Å². The molecule has 6 heteroatoms. The molecule has 0 radical (unpaired) electrons. The molecule has 2 aromatic heterocycles. The third-order valence-electron chi connectivity index (χ3n) is 3.65. The highest BCUT2D eigenvalue weighted by molar-refractivity contribution is 6.00. The number of carbonyl (C=O) groups is 1. The highest BCUT2D eigenvalue weighted by atomic mass is 16.5. The van der Waals surface area contributed by atoms with Crippen LogP contribution >= 0.6 is 0 Å². The van der Waals surface area contributed by atoms with Crippen molar-refractivity contribution < 1.29 is 14.3 Å². The van der Waals surface area contributed by atoms with Crippen LogP contribution in [-0.2, 0) is 4.74 Å². The Labute approximate surface area is 123 Å². The summed E-state index contributed by atoms with van der Waals surface area (Å²) in [6, 6.07) is 3.73. The molecule has 0 saturated carbocycles. The number of fused-ring (bicyclic) bond motifs is 1. The minimum Gasteiger partial charge on any atom is -0.492 e. The van der Waals surface area contributed by atoms with Crippen molar-refractivity contribution in [3.63, 3.8) is 0 Å². The maximum Gasteiger partial charge on any atom is 0.163 e. The third-order valence-corrected chi connectivity index (χ3v) is 3.65. The van der Waals surface area contributed by atoms with Gasteiger partial charge in [0.05, 0.1) is 30.5 Å². The summed E-state index contributed by atoms with van der Waals surface area (Å²) < 4.78 is 12.8. The maximum atomic E-state index is 11.5. The zero-order valence-corrected chi connectivity index (χ0v) is 12.1. The molecule has 6 nitrogen and oxygen atoms in total. The fourth-order valence-electron chi connectivity index (χ4n) is 2.44. The molecule has 1 fully saturated rings. The second kappa shape index (κ2) is 6.24. The van der Waals surface area contributed by atoms with E-state index in [9.17, 15) is 4.79 Å². The second-order valence-corrected chi connectivity index (χ2v) is 5.11. The molecule has 3 heterocycles. The Bertz CT molecular complexity index is 632. The molecule has 0 atom stereocenters.